The molecule has 1 heterocycles. The van der Waals surface area contributed by atoms with Gasteiger partial charge in [0.15, 0.2) is 0 Å². The summed E-state index contributed by atoms with van der Waals surface area (Å²) >= 11 is 4.28. The maximum Gasteiger partial charge on any atom is 0.0118 e. The molecule has 0 amide bonds. The molecule has 0 bridgehead atoms. The van der Waals surface area contributed by atoms with Crippen LogP contribution in [-0.4, -0.2) is 17.4 Å². The average molecular weight is 129 g/mol. The van der Waals surface area contributed by atoms with Gasteiger partial charge in [0.2, 0.25) is 0 Å². The van der Waals surface area contributed by atoms with Gasteiger partial charge in [-0.05, 0) is 24.7 Å². The van der Waals surface area contributed by atoms with Crippen LogP contribution >= 0.6 is 12.8 Å². The van der Waals surface area contributed by atoms with E-state index in [1.54, 1.807) is 0 Å². The predicted molar refractivity (Wildman–Crippen MR) is 36.8 cm³/mol. The van der Waals surface area contributed by atoms with Gasteiger partial charge in [0.25, 0.3) is 0 Å². The SMILES string of the molecule is SN1CCC2C[C@@H]2C1. The highest BCUT2D eigenvalue weighted by Crippen LogP contribution is 2.44. The van der Waals surface area contributed by atoms with E-state index in [4.69, 9.17) is 0 Å². The van der Waals surface area contributed by atoms with Gasteiger partial charge in [0.1, 0.15) is 0 Å². The van der Waals surface area contributed by atoms with Crippen LogP contribution in [0.15, 0.2) is 0 Å². The molecule has 2 fully saturated rings. The number of piperidine rings is 1. The van der Waals surface area contributed by atoms with E-state index < -0.39 is 0 Å². The maximum atomic E-state index is 4.28. The number of rotatable bonds is 0. The fourth-order valence-corrected chi connectivity index (χ4v) is 1.89. The zero-order chi connectivity index (χ0) is 5.56. The maximum absolute atomic E-state index is 4.28. The summed E-state index contributed by atoms with van der Waals surface area (Å²) in [6.45, 7) is 2.46. The lowest BCUT2D eigenvalue weighted by molar-refractivity contribution is 0.369. The molecule has 1 saturated heterocycles. The fourth-order valence-electron chi connectivity index (χ4n) is 1.56. The molecule has 0 aromatic carbocycles. The predicted octanol–water partition coefficient (Wildman–Crippen LogP) is 1.17. The van der Waals surface area contributed by atoms with Crippen LogP contribution in [0.1, 0.15) is 12.8 Å². The van der Waals surface area contributed by atoms with Crippen LogP contribution in [0.3, 0.4) is 0 Å². The first-order chi connectivity index (χ1) is 3.86. The summed E-state index contributed by atoms with van der Waals surface area (Å²) in [5.74, 6) is 2.12. The zero-order valence-electron chi connectivity index (χ0n) is 4.88. The summed E-state index contributed by atoms with van der Waals surface area (Å²) in [5, 5.41) is 0. The second-order valence-electron chi connectivity index (χ2n) is 2.96. The standard InChI is InChI=1S/C6H11NS/c8-7-2-1-5-3-6(5)4-7/h5-6,8H,1-4H2/t5?,6-/m1/s1. The molecule has 1 nitrogen and oxygen atoms in total. The third-order valence-corrected chi connectivity index (χ3v) is 2.64. The number of nitrogens with zero attached hydrogens (tertiary/aromatic N) is 1. The largest absolute Gasteiger partial charge is 0.253 e. The minimum atomic E-state index is 1.03. The van der Waals surface area contributed by atoms with Crippen LogP contribution in [0.4, 0.5) is 0 Å². The van der Waals surface area contributed by atoms with Crippen molar-refractivity contribution in [2.75, 3.05) is 13.1 Å². The Hall–Kier alpha value is 0.310. The molecule has 2 rings (SSSR count). The van der Waals surface area contributed by atoms with Gasteiger partial charge in [0.05, 0.1) is 0 Å². The molecule has 2 atom stereocenters. The summed E-state index contributed by atoms with van der Waals surface area (Å²) in [5.41, 5.74) is 0. The van der Waals surface area contributed by atoms with Crippen molar-refractivity contribution in [1.29, 1.82) is 0 Å². The molecule has 1 aliphatic carbocycles. The number of hydrogen-bond donors (Lipinski definition) is 1. The summed E-state index contributed by atoms with van der Waals surface area (Å²) in [7, 11) is 0. The number of thiol groups is 1. The van der Waals surface area contributed by atoms with E-state index in [0.717, 1.165) is 11.8 Å². The van der Waals surface area contributed by atoms with Crippen LogP contribution in [0.25, 0.3) is 0 Å². The number of fused-ring (bicyclic) bond motifs is 1. The molecule has 1 unspecified atom stereocenters. The lowest BCUT2D eigenvalue weighted by atomic mass is 10.2. The molecule has 0 aromatic rings. The Morgan fingerprint density at radius 3 is 2.88 bits per heavy atom. The lowest BCUT2D eigenvalue weighted by Crippen LogP contribution is -2.22. The van der Waals surface area contributed by atoms with Crippen LogP contribution in [0.5, 0.6) is 0 Å². The molecule has 2 aliphatic rings. The Morgan fingerprint density at radius 1 is 1.38 bits per heavy atom. The molecule has 1 saturated carbocycles. The third kappa shape index (κ3) is 0.759. The van der Waals surface area contributed by atoms with E-state index in [0.29, 0.717) is 0 Å². The first kappa shape index (κ1) is 5.12. The number of hydrogen-bond acceptors (Lipinski definition) is 2. The van der Waals surface area contributed by atoms with Crippen molar-refractivity contribution in [2.45, 2.75) is 12.8 Å². The Labute approximate surface area is 55.6 Å². The van der Waals surface area contributed by atoms with Crippen molar-refractivity contribution < 1.29 is 0 Å². The van der Waals surface area contributed by atoms with Gasteiger partial charge in [-0.3, -0.25) is 4.31 Å². The van der Waals surface area contributed by atoms with E-state index in [1.165, 1.54) is 25.9 Å². The summed E-state index contributed by atoms with van der Waals surface area (Å²) < 4.78 is 2.15. The Balaban J connectivity index is 1.93. The fraction of sp³-hybridized carbons (Fsp3) is 1.00. The van der Waals surface area contributed by atoms with Crippen molar-refractivity contribution >= 4 is 12.8 Å². The summed E-state index contributed by atoms with van der Waals surface area (Å²) in [6, 6.07) is 0. The highest BCUT2D eigenvalue weighted by Gasteiger charge is 2.40. The molecular weight excluding hydrogens is 118 g/mol. The molecule has 46 valence electrons. The monoisotopic (exact) mass is 129 g/mol. The van der Waals surface area contributed by atoms with Crippen molar-refractivity contribution in [2.24, 2.45) is 11.8 Å². The first-order valence-electron chi connectivity index (χ1n) is 3.30. The summed E-state index contributed by atoms with van der Waals surface area (Å²) in [4.78, 5) is 0. The second-order valence-corrected chi connectivity index (χ2v) is 3.52. The molecule has 0 N–H and O–H groups in total. The molecular formula is C6H11NS. The second kappa shape index (κ2) is 1.64. The Morgan fingerprint density at radius 2 is 2.25 bits per heavy atom. The van der Waals surface area contributed by atoms with Crippen molar-refractivity contribution in [3.8, 4) is 0 Å². The molecule has 2 heteroatoms. The highest BCUT2D eigenvalue weighted by molar-refractivity contribution is 7.77. The van der Waals surface area contributed by atoms with Gasteiger partial charge >= 0.3 is 0 Å². The van der Waals surface area contributed by atoms with Gasteiger partial charge in [-0.1, -0.05) is 12.8 Å². The Kier molecular flexibility index (Phi) is 1.05. The zero-order valence-corrected chi connectivity index (χ0v) is 5.77. The molecule has 1 aliphatic heterocycles. The highest BCUT2D eigenvalue weighted by atomic mass is 32.1. The van der Waals surface area contributed by atoms with Gasteiger partial charge in [-0.25, -0.2) is 0 Å². The van der Waals surface area contributed by atoms with Crippen LogP contribution in [-0.2, 0) is 0 Å². The minimum absolute atomic E-state index is 1.03. The normalized spacial score (nSPS) is 46.1. The molecule has 0 spiro atoms. The molecule has 8 heavy (non-hydrogen) atoms. The van der Waals surface area contributed by atoms with Crippen LogP contribution < -0.4 is 0 Å². The van der Waals surface area contributed by atoms with Crippen molar-refractivity contribution in [3.05, 3.63) is 0 Å². The smallest absolute Gasteiger partial charge is 0.0118 e. The van der Waals surface area contributed by atoms with Gasteiger partial charge in [0, 0.05) is 13.1 Å². The topological polar surface area (TPSA) is 3.24 Å². The molecule has 0 aromatic heterocycles. The average Bonchev–Trinajstić information content (AvgIpc) is 2.43. The minimum Gasteiger partial charge on any atom is -0.253 e. The van der Waals surface area contributed by atoms with E-state index in [1.807, 2.05) is 0 Å². The van der Waals surface area contributed by atoms with E-state index in [-0.39, 0.29) is 0 Å². The van der Waals surface area contributed by atoms with Crippen LogP contribution in [0.2, 0.25) is 0 Å². The van der Waals surface area contributed by atoms with Crippen molar-refractivity contribution in [1.82, 2.24) is 4.31 Å². The lowest BCUT2D eigenvalue weighted by Gasteiger charge is -2.18. The first-order valence-corrected chi connectivity index (χ1v) is 3.70. The summed E-state index contributed by atoms with van der Waals surface area (Å²) in [6.07, 6.45) is 2.88. The van der Waals surface area contributed by atoms with Gasteiger partial charge < -0.3 is 0 Å². The van der Waals surface area contributed by atoms with Crippen LogP contribution in [0, 0.1) is 11.8 Å². The van der Waals surface area contributed by atoms with Crippen molar-refractivity contribution in [3.63, 3.8) is 0 Å². The van der Waals surface area contributed by atoms with Gasteiger partial charge in [-0.15, -0.1) is 0 Å². The Bertz CT molecular complexity index is 105. The molecule has 0 radical (unpaired) electrons. The van der Waals surface area contributed by atoms with E-state index >= 15 is 0 Å². The van der Waals surface area contributed by atoms with E-state index in [9.17, 15) is 0 Å². The quantitative estimate of drug-likeness (QED) is 0.481. The third-order valence-electron chi connectivity index (χ3n) is 2.27. The van der Waals surface area contributed by atoms with Gasteiger partial charge in [-0.2, -0.15) is 0 Å². The van der Waals surface area contributed by atoms with E-state index in [2.05, 4.69) is 17.1 Å².